The highest BCUT2D eigenvalue weighted by Crippen LogP contribution is 2.30. The maximum atomic E-state index is 8.49. The predicted octanol–water partition coefficient (Wildman–Crippen LogP) is -0.593. The Balaban J connectivity index is 0.000000575. The van der Waals surface area contributed by atoms with Gasteiger partial charge in [0, 0.05) is 37.5 Å². The van der Waals surface area contributed by atoms with Gasteiger partial charge in [-0.2, -0.15) is 0 Å². The van der Waals surface area contributed by atoms with Gasteiger partial charge in [0.2, 0.25) is 0 Å². The third-order valence-electron chi connectivity index (χ3n) is 4.30. The minimum atomic E-state index is -4.94. The highest BCUT2D eigenvalue weighted by Gasteiger charge is 2.14. The second kappa shape index (κ2) is 9.88. The monoisotopic (exact) mass is 432 g/mol. The molecule has 0 spiro atoms. The lowest BCUT2D eigenvalue weighted by atomic mass is 9.99. The van der Waals surface area contributed by atoms with Crippen molar-refractivity contribution in [2.24, 2.45) is 0 Å². The van der Waals surface area contributed by atoms with E-state index in [0.29, 0.717) is 0 Å². The summed E-state index contributed by atoms with van der Waals surface area (Å²) in [6.45, 7) is 2.00. The Morgan fingerprint density at radius 3 is 1.87 bits per heavy atom. The van der Waals surface area contributed by atoms with Crippen LogP contribution in [0.5, 0.6) is 0 Å². The number of halogens is 1. The highest BCUT2D eigenvalue weighted by molar-refractivity contribution is 6.02. The maximum Gasteiger partial charge on any atom is 0.199 e. The van der Waals surface area contributed by atoms with E-state index in [9.17, 15) is 0 Å². The molecule has 30 heavy (non-hydrogen) atoms. The molecule has 1 aliphatic carbocycles. The summed E-state index contributed by atoms with van der Waals surface area (Å²) >= 11 is 0. The first kappa shape index (κ1) is 23.6. The molecule has 0 saturated carbocycles. The van der Waals surface area contributed by atoms with Crippen LogP contribution in [0.25, 0.3) is 5.57 Å². The Morgan fingerprint density at radius 1 is 0.867 bits per heavy atom. The second-order valence-corrected chi connectivity index (χ2v) is 7.84. The lowest BCUT2D eigenvalue weighted by molar-refractivity contribution is -2.00. The summed E-state index contributed by atoms with van der Waals surface area (Å²) in [5.41, 5.74) is 5.81. The zero-order valence-corrected chi connectivity index (χ0v) is 18.3. The Bertz CT molecular complexity index is 934. The molecule has 3 rings (SSSR count). The van der Waals surface area contributed by atoms with Crippen molar-refractivity contribution in [1.29, 1.82) is 0 Å². The maximum absolute atomic E-state index is 8.49. The van der Waals surface area contributed by atoms with Gasteiger partial charge >= 0.3 is 0 Å². The Hall–Kier alpha value is -2.68. The van der Waals surface area contributed by atoms with Crippen molar-refractivity contribution < 1.29 is 38.2 Å². The molecule has 0 fully saturated rings. The number of anilines is 1. The van der Waals surface area contributed by atoms with Crippen LogP contribution in [0, 0.1) is 10.2 Å². The number of ether oxygens (including phenoxy) is 1. The average molecular weight is 433 g/mol. The number of rotatable bonds is 2. The van der Waals surface area contributed by atoms with Crippen LogP contribution < -0.4 is 23.5 Å². The third kappa shape index (κ3) is 7.29. The quantitative estimate of drug-likeness (QED) is 0.578. The fraction of sp³-hybridized carbons (Fsp3) is 0.227. The van der Waals surface area contributed by atoms with E-state index >= 15 is 0 Å². The summed E-state index contributed by atoms with van der Waals surface area (Å²) in [7, 11) is 3.25. The van der Waals surface area contributed by atoms with Crippen LogP contribution in [0.1, 0.15) is 12.5 Å². The SMILES string of the molecule is CC1=CC(c2ccc(N(C)C)cc2)=CC(=C2C=CC(=[N+](C)C)C=C2)O1.[O-][Cl+3]([O-])([O-])[O-]. The van der Waals surface area contributed by atoms with Crippen molar-refractivity contribution in [3.63, 3.8) is 0 Å². The first-order valence-corrected chi connectivity index (χ1v) is 10.3. The molecular formula is C22H25ClN2O5. The van der Waals surface area contributed by atoms with E-state index < -0.39 is 10.2 Å². The van der Waals surface area contributed by atoms with Gasteiger partial charge in [0.15, 0.2) is 5.71 Å². The first-order chi connectivity index (χ1) is 13.9. The molecule has 0 amide bonds. The van der Waals surface area contributed by atoms with Gasteiger partial charge in [-0.05, 0) is 54.5 Å². The summed E-state index contributed by atoms with van der Waals surface area (Å²) in [5, 5.41) is 0. The molecule has 7 nitrogen and oxygen atoms in total. The second-order valence-electron chi connectivity index (χ2n) is 7.08. The molecule has 0 N–H and O–H groups in total. The van der Waals surface area contributed by atoms with Crippen molar-refractivity contribution in [2.45, 2.75) is 6.92 Å². The van der Waals surface area contributed by atoms with Crippen molar-refractivity contribution in [3.05, 3.63) is 83.4 Å². The van der Waals surface area contributed by atoms with Gasteiger partial charge in [-0.15, -0.1) is 10.2 Å². The minimum Gasteiger partial charge on any atom is -0.461 e. The normalized spacial score (nSPS) is 15.7. The van der Waals surface area contributed by atoms with Crippen molar-refractivity contribution >= 4 is 17.0 Å². The van der Waals surface area contributed by atoms with Gasteiger partial charge in [-0.25, -0.2) is 23.2 Å². The Morgan fingerprint density at radius 2 is 1.40 bits per heavy atom. The minimum absolute atomic E-state index is 0.886. The number of hydrogen-bond acceptors (Lipinski definition) is 6. The molecule has 0 aromatic heterocycles. The van der Waals surface area contributed by atoms with Crippen LogP contribution in [-0.2, 0) is 4.74 Å². The highest BCUT2D eigenvalue weighted by atomic mass is 35.7. The number of nitrogens with zero attached hydrogens (tertiary/aromatic N) is 2. The molecule has 0 unspecified atom stereocenters. The van der Waals surface area contributed by atoms with Crippen molar-refractivity contribution in [2.75, 3.05) is 33.1 Å². The molecule has 160 valence electrons. The molecule has 1 aromatic carbocycles. The van der Waals surface area contributed by atoms with Crippen LogP contribution in [0.3, 0.4) is 0 Å². The fourth-order valence-electron chi connectivity index (χ4n) is 2.82. The van der Waals surface area contributed by atoms with E-state index in [1.807, 2.05) is 21.0 Å². The van der Waals surface area contributed by atoms with Crippen LogP contribution in [0.4, 0.5) is 5.69 Å². The molecule has 8 heteroatoms. The van der Waals surface area contributed by atoms with E-state index in [1.165, 1.54) is 22.5 Å². The molecule has 2 aliphatic rings. The molecule has 0 radical (unpaired) electrons. The summed E-state index contributed by atoms with van der Waals surface area (Å²) in [5.74, 6) is 1.79. The zero-order chi connectivity index (χ0) is 22.5. The lowest BCUT2D eigenvalue weighted by Gasteiger charge is -2.18. The van der Waals surface area contributed by atoms with Crippen LogP contribution in [-0.4, -0.2) is 38.5 Å². The molecule has 1 aliphatic heterocycles. The van der Waals surface area contributed by atoms with Crippen molar-refractivity contribution in [3.8, 4) is 0 Å². The fourth-order valence-corrected chi connectivity index (χ4v) is 2.82. The molecule has 0 bridgehead atoms. The van der Waals surface area contributed by atoms with Crippen molar-refractivity contribution in [1.82, 2.24) is 0 Å². The summed E-state index contributed by atoms with van der Waals surface area (Å²) in [4.78, 5) is 2.10. The van der Waals surface area contributed by atoms with Gasteiger partial charge in [-0.1, -0.05) is 12.1 Å². The molecule has 1 aromatic rings. The summed E-state index contributed by atoms with van der Waals surface area (Å²) < 4.78 is 42.0. The molecule has 0 atom stereocenters. The van der Waals surface area contributed by atoms with E-state index in [1.54, 1.807) is 0 Å². The van der Waals surface area contributed by atoms with E-state index in [2.05, 4.69) is 84.3 Å². The smallest absolute Gasteiger partial charge is 0.199 e. The van der Waals surface area contributed by atoms with Gasteiger partial charge in [0.25, 0.3) is 0 Å². The summed E-state index contributed by atoms with van der Waals surface area (Å²) in [6.07, 6.45) is 12.6. The largest absolute Gasteiger partial charge is 0.461 e. The Labute approximate surface area is 178 Å². The molecular weight excluding hydrogens is 408 g/mol. The molecule has 0 saturated heterocycles. The van der Waals surface area contributed by atoms with E-state index in [-0.39, 0.29) is 0 Å². The van der Waals surface area contributed by atoms with Gasteiger partial charge in [-0.3, -0.25) is 0 Å². The molecule has 1 heterocycles. The van der Waals surface area contributed by atoms with Gasteiger partial charge in [0.1, 0.15) is 25.6 Å². The van der Waals surface area contributed by atoms with Gasteiger partial charge < -0.3 is 9.64 Å². The van der Waals surface area contributed by atoms with Crippen LogP contribution in [0.15, 0.2) is 77.8 Å². The Kier molecular flexibility index (Phi) is 7.77. The third-order valence-corrected chi connectivity index (χ3v) is 4.30. The number of benzene rings is 1. The first-order valence-electron chi connectivity index (χ1n) is 9.06. The topological polar surface area (TPSA) is 108 Å². The predicted molar refractivity (Wildman–Crippen MR) is 106 cm³/mol. The van der Waals surface area contributed by atoms with Crippen LogP contribution in [0.2, 0.25) is 0 Å². The lowest BCUT2D eigenvalue weighted by Crippen LogP contribution is -2.68. The number of hydrogen-bond donors (Lipinski definition) is 0. The van der Waals surface area contributed by atoms with E-state index in [4.69, 9.17) is 23.4 Å². The standard InChI is InChI=1S/C22H25N2O.ClHO4/c1-16-14-19(17-6-10-20(11-7-17)23(2)3)15-22(25-16)18-8-12-21(13-9-18)24(4)5;2-1(3,4)5/h6-15H,1-5H3;(H,2,3,4,5)/q+1;/p-1. The average Bonchev–Trinajstić information content (AvgIpc) is 2.66. The van der Waals surface area contributed by atoms with E-state index in [0.717, 1.165) is 17.1 Å². The van der Waals surface area contributed by atoms with Gasteiger partial charge in [0.05, 0.1) is 0 Å². The zero-order valence-electron chi connectivity index (χ0n) is 17.6. The summed E-state index contributed by atoms with van der Waals surface area (Å²) in [6, 6.07) is 8.59. The van der Waals surface area contributed by atoms with Crippen LogP contribution >= 0.6 is 0 Å². The number of allylic oxidation sites excluding steroid dienone is 9.